The molecule has 0 aliphatic carbocycles. The summed E-state index contributed by atoms with van der Waals surface area (Å²) in [6.07, 6.45) is 2.56. The predicted molar refractivity (Wildman–Crippen MR) is 68.7 cm³/mol. The summed E-state index contributed by atoms with van der Waals surface area (Å²) in [6.45, 7) is 3.62. The second-order valence-electron chi connectivity index (χ2n) is 4.85. The Bertz CT molecular complexity index is 403. The standard InChI is InChI=1S/C14H20N2O/c1-11-5-2-3-6-12(11)9-14(17)16-8-4-7-13(15)10-16/h2-3,5-6,13H,4,7-10,15H2,1H3. The molecule has 1 heterocycles. The zero-order valence-corrected chi connectivity index (χ0v) is 10.4. The molecule has 3 nitrogen and oxygen atoms in total. The highest BCUT2D eigenvalue weighted by Gasteiger charge is 2.21. The summed E-state index contributed by atoms with van der Waals surface area (Å²) in [7, 11) is 0. The summed E-state index contributed by atoms with van der Waals surface area (Å²) in [5.41, 5.74) is 8.20. The largest absolute Gasteiger partial charge is 0.341 e. The average molecular weight is 232 g/mol. The maximum atomic E-state index is 12.1. The van der Waals surface area contributed by atoms with Crippen LogP contribution in [-0.4, -0.2) is 29.9 Å². The van der Waals surface area contributed by atoms with Gasteiger partial charge in [-0.15, -0.1) is 0 Å². The van der Waals surface area contributed by atoms with Gasteiger partial charge >= 0.3 is 0 Å². The molecule has 1 aliphatic heterocycles. The molecule has 1 atom stereocenters. The quantitative estimate of drug-likeness (QED) is 0.839. The Morgan fingerprint density at radius 3 is 2.94 bits per heavy atom. The third-order valence-electron chi connectivity index (χ3n) is 3.41. The van der Waals surface area contributed by atoms with Gasteiger partial charge in [0, 0.05) is 19.1 Å². The normalized spacial score (nSPS) is 20.4. The molecule has 0 saturated carbocycles. The number of likely N-dealkylation sites (tertiary alicyclic amines) is 1. The van der Waals surface area contributed by atoms with E-state index in [-0.39, 0.29) is 11.9 Å². The van der Waals surface area contributed by atoms with E-state index in [1.54, 1.807) is 0 Å². The van der Waals surface area contributed by atoms with Gasteiger partial charge in [-0.2, -0.15) is 0 Å². The van der Waals surface area contributed by atoms with Crippen LogP contribution in [0.1, 0.15) is 24.0 Å². The molecule has 1 unspecified atom stereocenters. The van der Waals surface area contributed by atoms with Crippen molar-refractivity contribution in [2.45, 2.75) is 32.2 Å². The van der Waals surface area contributed by atoms with Crippen LogP contribution in [0.5, 0.6) is 0 Å². The van der Waals surface area contributed by atoms with E-state index < -0.39 is 0 Å². The lowest BCUT2D eigenvalue weighted by atomic mass is 10.0. The number of nitrogens with zero attached hydrogens (tertiary/aromatic N) is 1. The molecule has 0 radical (unpaired) electrons. The van der Waals surface area contributed by atoms with Gasteiger partial charge in [0.05, 0.1) is 6.42 Å². The smallest absolute Gasteiger partial charge is 0.227 e. The van der Waals surface area contributed by atoms with Crippen LogP contribution in [0.25, 0.3) is 0 Å². The second-order valence-corrected chi connectivity index (χ2v) is 4.85. The van der Waals surface area contributed by atoms with Crippen molar-refractivity contribution < 1.29 is 4.79 Å². The zero-order chi connectivity index (χ0) is 12.3. The third-order valence-corrected chi connectivity index (χ3v) is 3.41. The fraction of sp³-hybridized carbons (Fsp3) is 0.500. The van der Waals surface area contributed by atoms with Crippen LogP contribution in [0, 0.1) is 6.92 Å². The highest BCUT2D eigenvalue weighted by molar-refractivity contribution is 5.79. The molecule has 1 aromatic rings. The Balaban J connectivity index is 1.99. The molecule has 2 N–H and O–H groups in total. The molecule has 0 bridgehead atoms. The topological polar surface area (TPSA) is 46.3 Å². The van der Waals surface area contributed by atoms with E-state index in [2.05, 4.69) is 0 Å². The van der Waals surface area contributed by atoms with Crippen LogP contribution < -0.4 is 5.73 Å². The van der Waals surface area contributed by atoms with Gasteiger partial charge in [-0.1, -0.05) is 24.3 Å². The van der Waals surface area contributed by atoms with E-state index in [0.29, 0.717) is 13.0 Å². The lowest BCUT2D eigenvalue weighted by Gasteiger charge is -2.31. The van der Waals surface area contributed by atoms with Gasteiger partial charge in [0.1, 0.15) is 0 Å². The second kappa shape index (κ2) is 5.32. The Morgan fingerprint density at radius 1 is 1.47 bits per heavy atom. The Morgan fingerprint density at radius 2 is 2.24 bits per heavy atom. The van der Waals surface area contributed by atoms with Gasteiger partial charge < -0.3 is 10.6 Å². The van der Waals surface area contributed by atoms with Gasteiger partial charge in [-0.05, 0) is 30.9 Å². The Labute approximate surface area is 103 Å². The van der Waals surface area contributed by atoms with Gasteiger partial charge in [-0.3, -0.25) is 4.79 Å². The van der Waals surface area contributed by atoms with E-state index in [4.69, 9.17) is 5.73 Å². The molecule has 1 fully saturated rings. The van der Waals surface area contributed by atoms with Crippen LogP contribution in [0.3, 0.4) is 0 Å². The van der Waals surface area contributed by atoms with Gasteiger partial charge in [0.2, 0.25) is 5.91 Å². The summed E-state index contributed by atoms with van der Waals surface area (Å²) in [6, 6.07) is 8.21. The molecule has 1 saturated heterocycles. The maximum Gasteiger partial charge on any atom is 0.227 e. The van der Waals surface area contributed by atoms with Crippen molar-refractivity contribution in [3.8, 4) is 0 Å². The number of rotatable bonds is 2. The molecule has 2 rings (SSSR count). The number of carbonyl (C=O) groups is 1. The number of piperidine rings is 1. The van der Waals surface area contributed by atoms with Gasteiger partial charge in [0.15, 0.2) is 0 Å². The van der Waals surface area contributed by atoms with Gasteiger partial charge in [0.25, 0.3) is 0 Å². The van der Waals surface area contributed by atoms with Crippen LogP contribution in [0.2, 0.25) is 0 Å². The number of carbonyl (C=O) groups excluding carboxylic acids is 1. The molecular weight excluding hydrogens is 212 g/mol. The molecule has 1 amide bonds. The highest BCUT2D eigenvalue weighted by Crippen LogP contribution is 2.13. The van der Waals surface area contributed by atoms with E-state index in [1.165, 1.54) is 5.56 Å². The molecule has 0 aromatic heterocycles. The number of amides is 1. The van der Waals surface area contributed by atoms with E-state index in [1.807, 2.05) is 36.1 Å². The van der Waals surface area contributed by atoms with E-state index in [9.17, 15) is 4.79 Å². The van der Waals surface area contributed by atoms with Crippen molar-refractivity contribution in [2.24, 2.45) is 5.73 Å². The number of hydrogen-bond donors (Lipinski definition) is 1. The summed E-state index contributed by atoms with van der Waals surface area (Å²) in [4.78, 5) is 14.0. The fourth-order valence-corrected chi connectivity index (χ4v) is 2.32. The lowest BCUT2D eigenvalue weighted by molar-refractivity contribution is -0.131. The number of benzene rings is 1. The van der Waals surface area contributed by atoms with Crippen molar-refractivity contribution in [1.29, 1.82) is 0 Å². The van der Waals surface area contributed by atoms with Crippen LogP contribution >= 0.6 is 0 Å². The minimum Gasteiger partial charge on any atom is -0.341 e. The summed E-state index contributed by atoms with van der Waals surface area (Å²) >= 11 is 0. The van der Waals surface area contributed by atoms with E-state index >= 15 is 0 Å². The molecule has 3 heteroatoms. The van der Waals surface area contributed by atoms with Gasteiger partial charge in [-0.25, -0.2) is 0 Å². The molecule has 1 aromatic carbocycles. The minimum atomic E-state index is 0.157. The first kappa shape index (κ1) is 12.1. The van der Waals surface area contributed by atoms with Crippen LogP contribution in [-0.2, 0) is 11.2 Å². The minimum absolute atomic E-state index is 0.157. The molecule has 0 spiro atoms. The van der Waals surface area contributed by atoms with Crippen LogP contribution in [0.4, 0.5) is 0 Å². The first-order valence-corrected chi connectivity index (χ1v) is 6.24. The number of nitrogens with two attached hydrogens (primary N) is 1. The predicted octanol–water partition coefficient (Wildman–Crippen LogP) is 1.49. The van der Waals surface area contributed by atoms with Crippen molar-refractivity contribution >= 4 is 5.91 Å². The molecule has 17 heavy (non-hydrogen) atoms. The Kier molecular flexibility index (Phi) is 3.79. The zero-order valence-electron chi connectivity index (χ0n) is 10.4. The maximum absolute atomic E-state index is 12.1. The number of aryl methyl sites for hydroxylation is 1. The lowest BCUT2D eigenvalue weighted by Crippen LogP contribution is -2.46. The SMILES string of the molecule is Cc1ccccc1CC(=O)N1CCCC(N)C1. The molecule has 92 valence electrons. The molecule has 1 aliphatic rings. The first-order chi connectivity index (χ1) is 8.16. The van der Waals surface area contributed by atoms with Crippen molar-refractivity contribution in [3.05, 3.63) is 35.4 Å². The van der Waals surface area contributed by atoms with Crippen molar-refractivity contribution in [3.63, 3.8) is 0 Å². The Hall–Kier alpha value is -1.35. The number of hydrogen-bond acceptors (Lipinski definition) is 2. The van der Waals surface area contributed by atoms with Crippen molar-refractivity contribution in [1.82, 2.24) is 4.90 Å². The molecular formula is C14H20N2O. The first-order valence-electron chi connectivity index (χ1n) is 6.24. The van der Waals surface area contributed by atoms with Crippen molar-refractivity contribution in [2.75, 3.05) is 13.1 Å². The van der Waals surface area contributed by atoms with Crippen LogP contribution in [0.15, 0.2) is 24.3 Å². The third kappa shape index (κ3) is 3.07. The fourth-order valence-electron chi connectivity index (χ4n) is 2.32. The summed E-state index contributed by atoms with van der Waals surface area (Å²) < 4.78 is 0. The highest BCUT2D eigenvalue weighted by atomic mass is 16.2. The average Bonchev–Trinajstić information content (AvgIpc) is 2.32. The summed E-state index contributed by atoms with van der Waals surface area (Å²) in [5.74, 6) is 0.203. The monoisotopic (exact) mass is 232 g/mol. The van der Waals surface area contributed by atoms with E-state index in [0.717, 1.165) is 24.9 Å². The summed E-state index contributed by atoms with van der Waals surface area (Å²) in [5, 5.41) is 0.